The lowest BCUT2D eigenvalue weighted by molar-refractivity contribution is 1.06. The molecule has 1 heterocycles. The van der Waals surface area contributed by atoms with E-state index in [0.717, 1.165) is 17.3 Å². The highest BCUT2D eigenvalue weighted by Crippen LogP contribution is 2.21. The molecule has 0 aliphatic rings. The molecule has 3 aromatic rings. The van der Waals surface area contributed by atoms with Crippen LogP contribution in [0.5, 0.6) is 0 Å². The minimum atomic E-state index is 0.804. The first kappa shape index (κ1) is 13.2. The number of aromatic nitrogens is 2. The number of para-hydroxylation sites is 1. The summed E-state index contributed by atoms with van der Waals surface area (Å²) in [5.74, 6) is 0.804. The second kappa shape index (κ2) is 5.71. The fourth-order valence-electron chi connectivity index (χ4n) is 2.16. The third kappa shape index (κ3) is 2.89. The summed E-state index contributed by atoms with van der Waals surface area (Å²) in [4.78, 5) is 6.46. The minimum Gasteiger partial charge on any atom is -0.378 e. The summed E-state index contributed by atoms with van der Waals surface area (Å²) in [6.45, 7) is 0. The Morgan fingerprint density at radius 2 is 1.67 bits per heavy atom. The van der Waals surface area contributed by atoms with Crippen molar-refractivity contribution in [3.63, 3.8) is 0 Å². The van der Waals surface area contributed by atoms with Gasteiger partial charge >= 0.3 is 0 Å². The molecule has 0 atom stereocenters. The molecule has 0 spiro atoms. The van der Waals surface area contributed by atoms with Crippen LogP contribution in [0.15, 0.2) is 67.0 Å². The standard InChI is InChI=1S/C17H18N4/c1-20(2)15-10-8-14(9-11-15)19-17-18-12-13-21(17)16-6-4-3-5-7-16/h3-13H,1-2H3,(H,18,19). The maximum atomic E-state index is 4.39. The van der Waals surface area contributed by atoms with Gasteiger partial charge in [0.2, 0.25) is 5.95 Å². The molecule has 0 aliphatic carbocycles. The van der Waals surface area contributed by atoms with Crippen molar-refractivity contribution in [3.8, 4) is 5.69 Å². The van der Waals surface area contributed by atoms with Crippen molar-refractivity contribution in [1.29, 1.82) is 0 Å². The van der Waals surface area contributed by atoms with Gasteiger partial charge in [0.25, 0.3) is 0 Å². The molecular formula is C17H18N4. The second-order valence-corrected chi connectivity index (χ2v) is 5.02. The van der Waals surface area contributed by atoms with Gasteiger partial charge in [-0.2, -0.15) is 0 Å². The third-order valence-corrected chi connectivity index (χ3v) is 3.31. The quantitative estimate of drug-likeness (QED) is 0.790. The Labute approximate surface area is 124 Å². The molecule has 3 rings (SSSR count). The predicted molar refractivity (Wildman–Crippen MR) is 87.6 cm³/mol. The first-order valence-corrected chi connectivity index (χ1v) is 6.87. The van der Waals surface area contributed by atoms with Crippen LogP contribution >= 0.6 is 0 Å². The highest BCUT2D eigenvalue weighted by molar-refractivity contribution is 5.60. The Bertz CT molecular complexity index is 699. The van der Waals surface area contributed by atoms with E-state index >= 15 is 0 Å². The van der Waals surface area contributed by atoms with Gasteiger partial charge in [0.1, 0.15) is 0 Å². The Kier molecular flexibility index (Phi) is 3.60. The normalized spacial score (nSPS) is 10.4. The summed E-state index contributed by atoms with van der Waals surface area (Å²) in [5.41, 5.74) is 3.28. The zero-order valence-corrected chi connectivity index (χ0v) is 12.2. The van der Waals surface area contributed by atoms with Crippen molar-refractivity contribution in [1.82, 2.24) is 9.55 Å². The van der Waals surface area contributed by atoms with Crippen LogP contribution < -0.4 is 10.2 Å². The van der Waals surface area contributed by atoms with Crippen LogP contribution in [0.1, 0.15) is 0 Å². The van der Waals surface area contributed by atoms with E-state index in [1.807, 2.05) is 43.1 Å². The maximum absolute atomic E-state index is 4.39. The van der Waals surface area contributed by atoms with E-state index in [2.05, 4.69) is 51.6 Å². The highest BCUT2D eigenvalue weighted by atomic mass is 15.2. The lowest BCUT2D eigenvalue weighted by Gasteiger charge is -2.14. The fraction of sp³-hybridized carbons (Fsp3) is 0.118. The van der Waals surface area contributed by atoms with E-state index in [9.17, 15) is 0 Å². The molecule has 0 unspecified atom stereocenters. The van der Waals surface area contributed by atoms with Gasteiger partial charge < -0.3 is 10.2 Å². The van der Waals surface area contributed by atoms with Gasteiger partial charge in [-0.3, -0.25) is 4.57 Å². The summed E-state index contributed by atoms with van der Waals surface area (Å²) in [5, 5.41) is 3.35. The number of anilines is 3. The molecule has 1 aromatic heterocycles. The van der Waals surface area contributed by atoms with Gasteiger partial charge in [-0.05, 0) is 36.4 Å². The first-order valence-electron chi connectivity index (χ1n) is 6.87. The molecule has 0 aliphatic heterocycles. The molecule has 1 N–H and O–H groups in total. The van der Waals surface area contributed by atoms with Crippen LogP contribution in [0, 0.1) is 0 Å². The lowest BCUT2D eigenvalue weighted by Crippen LogP contribution is -2.08. The molecule has 21 heavy (non-hydrogen) atoms. The zero-order valence-electron chi connectivity index (χ0n) is 12.2. The molecule has 0 amide bonds. The van der Waals surface area contributed by atoms with E-state index in [-0.39, 0.29) is 0 Å². The Hall–Kier alpha value is -2.75. The van der Waals surface area contributed by atoms with E-state index in [0.29, 0.717) is 0 Å². The zero-order chi connectivity index (χ0) is 14.7. The van der Waals surface area contributed by atoms with Crippen molar-refractivity contribution >= 4 is 17.3 Å². The second-order valence-electron chi connectivity index (χ2n) is 5.02. The average Bonchev–Trinajstić information content (AvgIpc) is 2.97. The van der Waals surface area contributed by atoms with Crippen molar-refractivity contribution < 1.29 is 0 Å². The topological polar surface area (TPSA) is 33.1 Å². The molecule has 0 fully saturated rings. The molecule has 2 aromatic carbocycles. The molecule has 4 heteroatoms. The fourth-order valence-corrected chi connectivity index (χ4v) is 2.16. The van der Waals surface area contributed by atoms with Gasteiger partial charge in [-0.15, -0.1) is 0 Å². The summed E-state index contributed by atoms with van der Waals surface area (Å²) >= 11 is 0. The van der Waals surface area contributed by atoms with Gasteiger partial charge in [0, 0.05) is 43.6 Å². The number of nitrogens with zero attached hydrogens (tertiary/aromatic N) is 3. The van der Waals surface area contributed by atoms with Gasteiger partial charge in [0.15, 0.2) is 0 Å². The van der Waals surface area contributed by atoms with Crippen LogP contribution in [0.25, 0.3) is 5.69 Å². The molecule has 0 saturated carbocycles. The van der Waals surface area contributed by atoms with Crippen LogP contribution in [0.4, 0.5) is 17.3 Å². The van der Waals surface area contributed by atoms with Crippen molar-refractivity contribution in [2.45, 2.75) is 0 Å². The molecule has 106 valence electrons. The van der Waals surface area contributed by atoms with Crippen molar-refractivity contribution in [2.24, 2.45) is 0 Å². The molecule has 4 nitrogen and oxygen atoms in total. The Balaban J connectivity index is 1.84. The largest absolute Gasteiger partial charge is 0.378 e. The van der Waals surface area contributed by atoms with Crippen LogP contribution in [-0.4, -0.2) is 23.6 Å². The van der Waals surface area contributed by atoms with Crippen LogP contribution in [-0.2, 0) is 0 Å². The van der Waals surface area contributed by atoms with Gasteiger partial charge in [-0.25, -0.2) is 4.98 Å². The number of rotatable bonds is 4. The Morgan fingerprint density at radius 3 is 2.33 bits per heavy atom. The van der Waals surface area contributed by atoms with Gasteiger partial charge in [-0.1, -0.05) is 18.2 Å². The highest BCUT2D eigenvalue weighted by Gasteiger charge is 2.05. The molecule has 0 saturated heterocycles. The summed E-state index contributed by atoms with van der Waals surface area (Å²) < 4.78 is 2.03. The molecule has 0 bridgehead atoms. The summed E-state index contributed by atoms with van der Waals surface area (Å²) in [6, 6.07) is 18.4. The maximum Gasteiger partial charge on any atom is 0.212 e. The van der Waals surface area contributed by atoms with E-state index in [1.165, 1.54) is 5.69 Å². The van der Waals surface area contributed by atoms with Crippen molar-refractivity contribution in [3.05, 3.63) is 67.0 Å². The van der Waals surface area contributed by atoms with E-state index < -0.39 is 0 Å². The number of hydrogen-bond acceptors (Lipinski definition) is 3. The summed E-state index contributed by atoms with van der Waals surface area (Å²) in [7, 11) is 4.06. The van der Waals surface area contributed by atoms with Crippen molar-refractivity contribution in [2.75, 3.05) is 24.3 Å². The first-order chi connectivity index (χ1) is 10.2. The van der Waals surface area contributed by atoms with Crippen LogP contribution in [0.2, 0.25) is 0 Å². The average molecular weight is 278 g/mol. The summed E-state index contributed by atoms with van der Waals surface area (Å²) in [6.07, 6.45) is 3.75. The smallest absolute Gasteiger partial charge is 0.212 e. The molecular weight excluding hydrogens is 260 g/mol. The van der Waals surface area contributed by atoms with Crippen LogP contribution in [0.3, 0.4) is 0 Å². The number of nitrogens with one attached hydrogen (secondary N) is 1. The SMILES string of the molecule is CN(C)c1ccc(Nc2nccn2-c2ccccc2)cc1. The Morgan fingerprint density at radius 1 is 0.952 bits per heavy atom. The number of benzene rings is 2. The third-order valence-electron chi connectivity index (χ3n) is 3.31. The number of hydrogen-bond donors (Lipinski definition) is 1. The monoisotopic (exact) mass is 278 g/mol. The van der Waals surface area contributed by atoms with E-state index in [4.69, 9.17) is 0 Å². The number of imidazole rings is 1. The lowest BCUT2D eigenvalue weighted by atomic mass is 10.2. The predicted octanol–water partition coefficient (Wildman–Crippen LogP) is 3.68. The minimum absolute atomic E-state index is 0.804. The molecule has 0 radical (unpaired) electrons. The van der Waals surface area contributed by atoms with Gasteiger partial charge in [0.05, 0.1) is 0 Å². The van der Waals surface area contributed by atoms with E-state index in [1.54, 1.807) is 6.20 Å².